The van der Waals surface area contributed by atoms with Crippen LogP contribution in [0.25, 0.3) is 0 Å². The average molecular weight is 225 g/mol. The first kappa shape index (κ1) is 13.1. The first-order valence-electron chi connectivity index (χ1n) is 5.32. The molecule has 0 aromatic heterocycles. The Bertz CT molecular complexity index is 283. The monoisotopic (exact) mass is 225 g/mol. The molecule has 0 aliphatic rings. The third-order valence-corrected chi connectivity index (χ3v) is 2.37. The Morgan fingerprint density at radius 3 is 2.19 bits per heavy atom. The van der Waals surface area contributed by atoms with E-state index in [2.05, 4.69) is 5.32 Å². The van der Waals surface area contributed by atoms with Crippen molar-refractivity contribution in [2.75, 3.05) is 20.3 Å². The van der Waals surface area contributed by atoms with E-state index in [1.165, 1.54) is 0 Å². The zero-order valence-electron chi connectivity index (χ0n) is 9.52. The molecule has 0 spiro atoms. The van der Waals surface area contributed by atoms with Gasteiger partial charge in [0.1, 0.15) is 0 Å². The summed E-state index contributed by atoms with van der Waals surface area (Å²) in [5, 5.41) is 20.8. The van der Waals surface area contributed by atoms with Crippen LogP contribution >= 0.6 is 0 Å². The van der Waals surface area contributed by atoms with E-state index in [0.29, 0.717) is 13.2 Å². The van der Waals surface area contributed by atoms with Crippen LogP contribution in [0.15, 0.2) is 24.3 Å². The van der Waals surface area contributed by atoms with Crippen LogP contribution < -0.4 is 5.32 Å². The molecular weight excluding hydrogens is 206 g/mol. The van der Waals surface area contributed by atoms with Crippen LogP contribution in [0.2, 0.25) is 0 Å². The number of ether oxygens (including phenoxy) is 1. The lowest BCUT2D eigenvalue weighted by Crippen LogP contribution is -2.35. The normalized spacial score (nSPS) is 11.0. The van der Waals surface area contributed by atoms with Gasteiger partial charge in [-0.15, -0.1) is 0 Å². The highest BCUT2D eigenvalue weighted by atomic mass is 16.5. The van der Waals surface area contributed by atoms with Crippen molar-refractivity contribution in [2.45, 2.75) is 19.2 Å². The molecule has 0 heterocycles. The molecule has 0 aliphatic carbocycles. The molecule has 0 radical (unpaired) electrons. The minimum atomic E-state index is -0.251. The molecule has 1 aromatic rings. The van der Waals surface area contributed by atoms with Gasteiger partial charge in [0.25, 0.3) is 0 Å². The van der Waals surface area contributed by atoms with Gasteiger partial charge in [-0.05, 0) is 11.1 Å². The molecule has 0 bridgehead atoms. The Morgan fingerprint density at radius 2 is 1.69 bits per heavy atom. The van der Waals surface area contributed by atoms with E-state index in [1.807, 2.05) is 24.3 Å². The minimum Gasteiger partial charge on any atom is -0.395 e. The summed E-state index contributed by atoms with van der Waals surface area (Å²) in [6, 6.07) is 7.78. The summed E-state index contributed by atoms with van der Waals surface area (Å²) in [6.45, 7) is 1.14. The maximum atomic E-state index is 8.88. The lowest BCUT2D eigenvalue weighted by atomic mass is 10.1. The second kappa shape index (κ2) is 7.35. The van der Waals surface area contributed by atoms with Gasteiger partial charge < -0.3 is 20.3 Å². The first-order chi connectivity index (χ1) is 7.80. The van der Waals surface area contributed by atoms with E-state index in [-0.39, 0.29) is 19.3 Å². The maximum absolute atomic E-state index is 8.88. The summed E-state index contributed by atoms with van der Waals surface area (Å²) in [7, 11) is 1.67. The van der Waals surface area contributed by atoms with Crippen molar-refractivity contribution < 1.29 is 14.9 Å². The van der Waals surface area contributed by atoms with E-state index in [0.717, 1.165) is 11.1 Å². The van der Waals surface area contributed by atoms with Crippen LogP contribution in [0.1, 0.15) is 11.1 Å². The highest BCUT2D eigenvalue weighted by molar-refractivity contribution is 5.21. The number of aliphatic hydroxyl groups is 2. The predicted octanol–water partition coefficient (Wildman–Crippen LogP) is 0.276. The summed E-state index contributed by atoms with van der Waals surface area (Å²) in [5.74, 6) is 0. The van der Waals surface area contributed by atoms with E-state index >= 15 is 0 Å². The fraction of sp³-hybridized carbons (Fsp3) is 0.500. The van der Waals surface area contributed by atoms with Crippen molar-refractivity contribution in [3.63, 3.8) is 0 Å². The van der Waals surface area contributed by atoms with Gasteiger partial charge in [0.2, 0.25) is 0 Å². The lowest BCUT2D eigenvalue weighted by Gasteiger charge is -2.13. The van der Waals surface area contributed by atoms with E-state index in [9.17, 15) is 0 Å². The topological polar surface area (TPSA) is 61.7 Å². The van der Waals surface area contributed by atoms with Crippen molar-refractivity contribution in [2.24, 2.45) is 0 Å². The molecular formula is C12H19NO3. The van der Waals surface area contributed by atoms with Gasteiger partial charge >= 0.3 is 0 Å². The number of hydrogen-bond acceptors (Lipinski definition) is 4. The molecule has 0 unspecified atom stereocenters. The van der Waals surface area contributed by atoms with Gasteiger partial charge in [0.05, 0.1) is 25.9 Å². The molecule has 0 saturated heterocycles. The number of hydrogen-bond donors (Lipinski definition) is 3. The van der Waals surface area contributed by atoms with E-state index in [1.54, 1.807) is 7.11 Å². The Hall–Kier alpha value is -0.940. The van der Waals surface area contributed by atoms with Crippen molar-refractivity contribution >= 4 is 0 Å². The van der Waals surface area contributed by atoms with Crippen molar-refractivity contribution in [3.8, 4) is 0 Å². The van der Waals surface area contributed by atoms with Crippen LogP contribution in [-0.4, -0.2) is 36.6 Å². The van der Waals surface area contributed by atoms with Gasteiger partial charge in [-0.2, -0.15) is 0 Å². The molecule has 1 aromatic carbocycles. The molecule has 0 fully saturated rings. The Morgan fingerprint density at radius 1 is 1.12 bits per heavy atom. The third-order valence-electron chi connectivity index (χ3n) is 2.37. The van der Waals surface area contributed by atoms with Crippen LogP contribution in [0.3, 0.4) is 0 Å². The molecule has 90 valence electrons. The molecule has 4 heteroatoms. The van der Waals surface area contributed by atoms with Crippen LogP contribution in [0.5, 0.6) is 0 Å². The molecule has 0 atom stereocenters. The number of benzene rings is 1. The SMILES string of the molecule is COCc1ccc(CNC(CO)CO)cc1. The van der Waals surface area contributed by atoms with Gasteiger partial charge in [-0.25, -0.2) is 0 Å². The predicted molar refractivity (Wildman–Crippen MR) is 62.0 cm³/mol. The smallest absolute Gasteiger partial charge is 0.0713 e. The second-order valence-electron chi connectivity index (χ2n) is 3.69. The highest BCUT2D eigenvalue weighted by Crippen LogP contribution is 2.05. The quantitative estimate of drug-likeness (QED) is 0.623. The summed E-state index contributed by atoms with van der Waals surface area (Å²) in [6.07, 6.45) is 0. The first-order valence-corrected chi connectivity index (χ1v) is 5.32. The van der Waals surface area contributed by atoms with Crippen LogP contribution in [-0.2, 0) is 17.9 Å². The zero-order valence-corrected chi connectivity index (χ0v) is 9.52. The Kier molecular flexibility index (Phi) is 6.03. The highest BCUT2D eigenvalue weighted by Gasteiger charge is 2.04. The Balaban J connectivity index is 2.42. The van der Waals surface area contributed by atoms with Crippen LogP contribution in [0, 0.1) is 0 Å². The summed E-state index contributed by atoms with van der Waals surface area (Å²) in [4.78, 5) is 0. The van der Waals surface area contributed by atoms with Gasteiger partial charge in [-0.3, -0.25) is 0 Å². The minimum absolute atomic E-state index is 0.0573. The molecule has 3 N–H and O–H groups in total. The van der Waals surface area contributed by atoms with Gasteiger partial charge in [0.15, 0.2) is 0 Å². The standard InChI is InChI=1S/C12H19NO3/c1-16-9-11-4-2-10(3-5-11)6-13-12(7-14)8-15/h2-5,12-15H,6-9H2,1H3. The zero-order chi connectivity index (χ0) is 11.8. The summed E-state index contributed by atoms with van der Waals surface area (Å²) in [5.41, 5.74) is 2.25. The molecule has 0 aliphatic heterocycles. The van der Waals surface area contributed by atoms with E-state index < -0.39 is 0 Å². The molecule has 0 amide bonds. The summed E-state index contributed by atoms with van der Waals surface area (Å²) >= 11 is 0. The van der Waals surface area contributed by atoms with Crippen molar-refractivity contribution in [1.29, 1.82) is 0 Å². The van der Waals surface area contributed by atoms with Crippen LogP contribution in [0.4, 0.5) is 0 Å². The number of nitrogens with one attached hydrogen (secondary N) is 1. The second-order valence-corrected chi connectivity index (χ2v) is 3.69. The molecule has 1 rings (SSSR count). The van der Waals surface area contributed by atoms with Gasteiger partial charge in [0, 0.05) is 13.7 Å². The fourth-order valence-corrected chi connectivity index (χ4v) is 1.37. The summed E-state index contributed by atoms with van der Waals surface area (Å²) < 4.78 is 5.02. The van der Waals surface area contributed by atoms with E-state index in [4.69, 9.17) is 14.9 Å². The molecule has 4 nitrogen and oxygen atoms in total. The largest absolute Gasteiger partial charge is 0.395 e. The number of rotatable bonds is 7. The fourth-order valence-electron chi connectivity index (χ4n) is 1.37. The van der Waals surface area contributed by atoms with Crippen molar-refractivity contribution in [3.05, 3.63) is 35.4 Å². The average Bonchev–Trinajstić information content (AvgIpc) is 2.33. The molecule has 16 heavy (non-hydrogen) atoms. The number of methoxy groups -OCH3 is 1. The number of aliphatic hydroxyl groups excluding tert-OH is 2. The lowest BCUT2D eigenvalue weighted by molar-refractivity contribution is 0.170. The molecule has 0 saturated carbocycles. The maximum Gasteiger partial charge on any atom is 0.0713 e. The van der Waals surface area contributed by atoms with Crippen molar-refractivity contribution in [1.82, 2.24) is 5.32 Å². The Labute approximate surface area is 95.9 Å². The third kappa shape index (κ3) is 4.28. The van der Waals surface area contributed by atoms with Gasteiger partial charge in [-0.1, -0.05) is 24.3 Å².